The maximum atomic E-state index is 14.5. The second kappa shape index (κ2) is 15.6. The van der Waals surface area contributed by atoms with Crippen LogP contribution in [0, 0.1) is 0 Å². The highest BCUT2D eigenvalue weighted by Crippen LogP contribution is 2.28. The fraction of sp³-hybridized carbons (Fsp3) is 0.235. The lowest BCUT2D eigenvalue weighted by molar-refractivity contribution is -0.140. The molecule has 0 heterocycles. The van der Waals surface area contributed by atoms with Gasteiger partial charge in [-0.15, -0.1) is 0 Å². The number of nitrogens with one attached hydrogen (secondary N) is 1. The summed E-state index contributed by atoms with van der Waals surface area (Å²) in [5.74, 6) is -0.939. The van der Waals surface area contributed by atoms with Crippen LogP contribution in [-0.2, 0) is 32.6 Å². The van der Waals surface area contributed by atoms with Crippen LogP contribution in [0.5, 0.6) is 0 Å². The Morgan fingerprint density at radius 1 is 0.778 bits per heavy atom. The summed E-state index contributed by atoms with van der Waals surface area (Å²) in [4.78, 5) is 29.7. The van der Waals surface area contributed by atoms with Crippen molar-refractivity contribution in [1.29, 1.82) is 0 Å². The lowest BCUT2D eigenvalue weighted by Gasteiger charge is -2.34. The minimum absolute atomic E-state index is 0.00912. The maximum absolute atomic E-state index is 14.5. The normalized spacial score (nSPS) is 12.6. The van der Waals surface area contributed by atoms with Crippen molar-refractivity contribution in [1.82, 2.24) is 10.2 Å². The van der Waals surface area contributed by atoms with Gasteiger partial charge in [0.25, 0.3) is 10.0 Å². The van der Waals surface area contributed by atoms with E-state index in [1.807, 2.05) is 44.2 Å². The van der Waals surface area contributed by atoms with E-state index in [1.54, 1.807) is 42.5 Å². The Morgan fingerprint density at radius 2 is 1.40 bits per heavy atom. The largest absolute Gasteiger partial charge is 0.352 e. The lowest BCUT2D eigenvalue weighted by atomic mass is 10.0. The molecule has 4 aromatic carbocycles. The molecule has 45 heavy (non-hydrogen) atoms. The highest BCUT2D eigenvalue weighted by atomic mass is 35.5. The Hall–Kier alpha value is -3.56. The predicted octanol–water partition coefficient (Wildman–Crippen LogP) is 7.40. The van der Waals surface area contributed by atoms with Crippen LogP contribution < -0.4 is 9.62 Å². The molecule has 0 aliphatic carbocycles. The second-order valence-electron chi connectivity index (χ2n) is 10.6. The number of rotatable bonds is 13. The summed E-state index contributed by atoms with van der Waals surface area (Å²) >= 11 is 18.6. The van der Waals surface area contributed by atoms with Gasteiger partial charge in [-0.05, 0) is 79.1 Å². The van der Waals surface area contributed by atoms with Crippen LogP contribution in [0.4, 0.5) is 5.69 Å². The third kappa shape index (κ3) is 9.23. The first-order valence-electron chi connectivity index (χ1n) is 14.4. The molecule has 11 heteroatoms. The highest BCUT2D eigenvalue weighted by Gasteiger charge is 2.35. The summed E-state index contributed by atoms with van der Waals surface area (Å²) in [7, 11) is -4.28. The molecule has 0 spiro atoms. The molecule has 7 nitrogen and oxygen atoms in total. The van der Waals surface area contributed by atoms with E-state index >= 15 is 0 Å². The van der Waals surface area contributed by atoms with Gasteiger partial charge < -0.3 is 10.2 Å². The van der Waals surface area contributed by atoms with Gasteiger partial charge in [0.1, 0.15) is 12.6 Å². The van der Waals surface area contributed by atoms with E-state index in [4.69, 9.17) is 34.8 Å². The number of sulfonamides is 1. The zero-order valence-corrected chi connectivity index (χ0v) is 28.0. The van der Waals surface area contributed by atoms with Gasteiger partial charge >= 0.3 is 0 Å². The number of amides is 2. The van der Waals surface area contributed by atoms with Gasteiger partial charge in [0.05, 0.1) is 10.6 Å². The predicted molar refractivity (Wildman–Crippen MR) is 181 cm³/mol. The standard InChI is InChI=1S/C34H34Cl3N3O4S/c1-3-24(2)38-34(42)32(20-25-9-5-4-6-10-25)39(22-26-11-7-12-28(36)19-26)33(41)23-40(30-14-8-13-29(37)21-30)45(43,44)31-17-15-27(35)16-18-31/h4-19,21,24,32H,3,20,22-23H2,1-2H3,(H,38,42)/t24-,32+/m0/s1. The number of hydrogen-bond acceptors (Lipinski definition) is 4. The number of halogens is 3. The minimum atomic E-state index is -4.28. The number of carbonyl (C=O) groups is 2. The van der Waals surface area contributed by atoms with Gasteiger partial charge in [-0.3, -0.25) is 13.9 Å². The molecule has 4 rings (SSSR count). The van der Waals surface area contributed by atoms with E-state index in [9.17, 15) is 18.0 Å². The molecule has 1 N–H and O–H groups in total. The molecular weight excluding hydrogens is 653 g/mol. The van der Waals surface area contributed by atoms with Crippen molar-refractivity contribution in [3.05, 3.63) is 129 Å². The first-order valence-corrected chi connectivity index (χ1v) is 17.0. The lowest BCUT2D eigenvalue weighted by Crippen LogP contribution is -2.54. The Kier molecular flexibility index (Phi) is 11.9. The van der Waals surface area contributed by atoms with E-state index in [2.05, 4.69) is 5.32 Å². The average Bonchev–Trinajstić information content (AvgIpc) is 3.02. The zero-order chi connectivity index (χ0) is 32.6. The zero-order valence-electron chi connectivity index (χ0n) is 24.9. The smallest absolute Gasteiger partial charge is 0.264 e. The van der Waals surface area contributed by atoms with E-state index in [1.165, 1.54) is 35.2 Å². The van der Waals surface area contributed by atoms with Crippen molar-refractivity contribution in [3.63, 3.8) is 0 Å². The molecule has 0 bridgehead atoms. The molecule has 0 radical (unpaired) electrons. The first kappa shape index (κ1) is 34.3. The molecule has 236 valence electrons. The number of nitrogens with zero attached hydrogens (tertiary/aromatic N) is 2. The summed E-state index contributed by atoms with van der Waals surface area (Å²) in [6, 6.07) is 27.2. The summed E-state index contributed by atoms with van der Waals surface area (Å²) in [6.07, 6.45) is 0.893. The van der Waals surface area contributed by atoms with Gasteiger partial charge in [0, 0.05) is 34.1 Å². The third-order valence-corrected chi connectivity index (χ3v) is 9.80. The fourth-order valence-corrected chi connectivity index (χ4v) is 6.65. The topological polar surface area (TPSA) is 86.8 Å². The molecule has 0 aliphatic rings. The van der Waals surface area contributed by atoms with Crippen LogP contribution in [0.2, 0.25) is 15.1 Å². The van der Waals surface area contributed by atoms with Crippen molar-refractivity contribution in [2.45, 2.75) is 50.2 Å². The minimum Gasteiger partial charge on any atom is -0.352 e. The summed E-state index contributed by atoms with van der Waals surface area (Å²) in [5.41, 5.74) is 1.71. The van der Waals surface area contributed by atoms with Gasteiger partial charge in [-0.1, -0.05) is 90.3 Å². The highest BCUT2D eigenvalue weighted by molar-refractivity contribution is 7.92. The summed E-state index contributed by atoms with van der Waals surface area (Å²) in [6.45, 7) is 3.25. The Balaban J connectivity index is 1.81. The molecule has 2 amide bonds. The van der Waals surface area contributed by atoms with Crippen LogP contribution in [0.1, 0.15) is 31.4 Å². The van der Waals surface area contributed by atoms with Crippen LogP contribution in [0.3, 0.4) is 0 Å². The molecular formula is C34H34Cl3N3O4S. The Bertz CT molecular complexity index is 1720. The van der Waals surface area contributed by atoms with Crippen molar-refractivity contribution in [2.24, 2.45) is 0 Å². The third-order valence-electron chi connectivity index (χ3n) is 7.29. The van der Waals surface area contributed by atoms with Crippen molar-refractivity contribution >= 4 is 62.3 Å². The van der Waals surface area contributed by atoms with Crippen LogP contribution in [0.15, 0.2) is 108 Å². The monoisotopic (exact) mass is 685 g/mol. The molecule has 2 atom stereocenters. The van der Waals surface area contributed by atoms with E-state index < -0.39 is 28.5 Å². The van der Waals surface area contributed by atoms with E-state index in [0.29, 0.717) is 27.1 Å². The second-order valence-corrected chi connectivity index (χ2v) is 13.8. The molecule has 0 unspecified atom stereocenters. The van der Waals surface area contributed by atoms with Gasteiger partial charge in [-0.25, -0.2) is 8.42 Å². The number of anilines is 1. The molecule has 0 aromatic heterocycles. The first-order chi connectivity index (χ1) is 21.5. The molecule has 0 saturated heterocycles. The molecule has 0 saturated carbocycles. The average molecular weight is 687 g/mol. The van der Waals surface area contributed by atoms with Crippen molar-refractivity contribution in [3.8, 4) is 0 Å². The quantitative estimate of drug-likeness (QED) is 0.159. The summed E-state index contributed by atoms with van der Waals surface area (Å²) < 4.78 is 29.1. The van der Waals surface area contributed by atoms with E-state index in [0.717, 1.165) is 9.87 Å². The molecule has 4 aromatic rings. The maximum Gasteiger partial charge on any atom is 0.264 e. The number of hydrogen-bond donors (Lipinski definition) is 1. The van der Waals surface area contributed by atoms with Crippen molar-refractivity contribution < 1.29 is 18.0 Å². The van der Waals surface area contributed by atoms with Crippen LogP contribution >= 0.6 is 34.8 Å². The summed E-state index contributed by atoms with van der Waals surface area (Å²) in [5, 5.41) is 4.14. The van der Waals surface area contributed by atoms with Gasteiger partial charge in [0.15, 0.2) is 0 Å². The van der Waals surface area contributed by atoms with Gasteiger partial charge in [-0.2, -0.15) is 0 Å². The van der Waals surface area contributed by atoms with Crippen LogP contribution in [0.25, 0.3) is 0 Å². The van der Waals surface area contributed by atoms with Gasteiger partial charge in [0.2, 0.25) is 11.8 Å². The van der Waals surface area contributed by atoms with E-state index in [-0.39, 0.29) is 35.5 Å². The number of carbonyl (C=O) groups excluding carboxylic acids is 2. The SMILES string of the molecule is CC[C@H](C)NC(=O)[C@@H](Cc1ccccc1)N(Cc1cccc(Cl)c1)C(=O)CN(c1cccc(Cl)c1)S(=O)(=O)c1ccc(Cl)cc1. The molecule has 0 aliphatic heterocycles. The Morgan fingerprint density at radius 3 is 2.02 bits per heavy atom. The van der Waals surface area contributed by atoms with Crippen LogP contribution in [-0.4, -0.2) is 43.8 Å². The Labute approximate surface area is 279 Å². The molecule has 0 fully saturated rings. The van der Waals surface area contributed by atoms with Crippen molar-refractivity contribution in [2.75, 3.05) is 10.8 Å². The number of benzene rings is 4. The fourth-order valence-electron chi connectivity index (χ4n) is 4.72.